The maximum atomic E-state index is 6.03. The van der Waals surface area contributed by atoms with E-state index in [0.29, 0.717) is 54.3 Å². The van der Waals surface area contributed by atoms with Crippen LogP contribution in [0, 0.1) is 29.6 Å². The summed E-state index contributed by atoms with van der Waals surface area (Å²) < 4.78 is 41.2. The molecule has 14 nitrogen and oxygen atoms in total. The molecule has 0 saturated carbocycles. The quantitative estimate of drug-likeness (QED) is 0.102. The molecule has 0 amide bonds. The first-order chi connectivity index (χ1) is 41.3. The lowest BCUT2D eigenvalue weighted by atomic mass is 10.00. The van der Waals surface area contributed by atoms with E-state index in [-0.39, 0.29) is 14.9 Å². The molecule has 93 heavy (non-hydrogen) atoms. The van der Waals surface area contributed by atoms with Crippen molar-refractivity contribution in [3.8, 4) is 0 Å². The van der Waals surface area contributed by atoms with Crippen LogP contribution in [0.2, 0.25) is 0 Å². The predicted molar refractivity (Wildman–Crippen MR) is 448 cm³/mol. The van der Waals surface area contributed by atoms with E-state index in [1.54, 1.807) is 0 Å². The summed E-state index contributed by atoms with van der Waals surface area (Å²) in [5.41, 5.74) is 0. The highest BCUT2D eigenvalue weighted by Crippen LogP contribution is 2.45. The van der Waals surface area contributed by atoms with Gasteiger partial charge in [0, 0.05) is 82.1 Å². The standard InChI is InChI=1S/7C10H22NOP.2CH4/c1-9-6-11(2)7-10(9)8-12-13(3,4)5;1-9-6-10(11(2)7-9)8-12-13(3,4)5;1-9-6-7-11(2)10(9)8-12-13(3,4)5;1-9-6-7-10(11(9)2)8-12-13(3,4)5;1-6-9-7-11(2)8-10(9)12-13(3,4)5;1-6-9-7-10(8-11(9)2)12-13(3,4)5;1-6-9-10(7-8-11(9)2)12-13(3,4)5;;/h7*9-10H,3,6-8H2,1-2,4-5H3;2*1H4. The molecule has 14 atom stereocenters. The molecule has 7 aliphatic rings. The molecule has 7 heterocycles. The average molecular weight is 1450 g/mol. The molecule has 14 unspecified atom stereocenters. The van der Waals surface area contributed by atoms with E-state index in [0.717, 1.165) is 69.4 Å². The fraction of sp³-hybridized carbons (Fsp3) is 0.903. The molecular weight excluding hydrogens is 1290 g/mol. The van der Waals surface area contributed by atoms with Gasteiger partial charge < -0.3 is 61.1 Å². The number of rotatable bonds is 21. The minimum Gasteiger partial charge on any atom is -0.362 e. The zero-order valence-corrected chi connectivity index (χ0v) is 71.3. The Morgan fingerprint density at radius 3 is 1.19 bits per heavy atom. The van der Waals surface area contributed by atoms with Crippen LogP contribution >= 0.6 is 49.8 Å². The summed E-state index contributed by atoms with van der Waals surface area (Å²) in [6.45, 7) is 58.5. The molecule has 0 aromatic rings. The van der Waals surface area contributed by atoms with Crippen LogP contribution in [0.15, 0.2) is 0 Å². The molecule has 0 aliphatic carbocycles. The Kier molecular flexibility index (Phi) is 46.0. The van der Waals surface area contributed by atoms with Gasteiger partial charge in [-0.2, -0.15) is 0 Å². The molecule has 7 saturated heterocycles. The van der Waals surface area contributed by atoms with Crippen molar-refractivity contribution in [2.75, 3.05) is 221 Å². The maximum absolute atomic E-state index is 6.03. The Hall–Kier alpha value is 1.54. The van der Waals surface area contributed by atoms with Gasteiger partial charge in [0.15, 0.2) is 0 Å². The van der Waals surface area contributed by atoms with Gasteiger partial charge in [-0.05, 0) is 293 Å². The molecule has 0 radical (unpaired) electrons. The van der Waals surface area contributed by atoms with E-state index in [1.165, 1.54) is 97.1 Å². The lowest BCUT2D eigenvalue weighted by Gasteiger charge is -2.27. The van der Waals surface area contributed by atoms with E-state index >= 15 is 0 Å². The number of likely N-dealkylation sites (N-methyl/N-ethyl adjacent to an activating group) is 6. The molecule has 0 spiro atoms. The Morgan fingerprint density at radius 2 is 0.806 bits per heavy atom. The summed E-state index contributed by atoms with van der Waals surface area (Å²) in [6, 6.07) is 3.91. The van der Waals surface area contributed by atoms with Gasteiger partial charge in [0.2, 0.25) is 0 Å². The van der Waals surface area contributed by atoms with E-state index in [9.17, 15) is 0 Å². The Balaban J connectivity index is 0. The maximum Gasteiger partial charge on any atom is 0.0782 e. The highest BCUT2D eigenvalue weighted by molar-refractivity contribution is 7.69. The topological polar surface area (TPSA) is 87.3 Å². The van der Waals surface area contributed by atoms with Gasteiger partial charge in [0.1, 0.15) is 0 Å². The lowest BCUT2D eigenvalue weighted by Crippen LogP contribution is -2.33. The second kappa shape index (κ2) is 44.3. The zero-order chi connectivity index (χ0) is 70.4. The number of likely N-dealkylation sites (tertiary alicyclic amines) is 7. The van der Waals surface area contributed by atoms with E-state index in [4.69, 9.17) is 31.7 Å². The minimum atomic E-state index is -1.32. The Morgan fingerprint density at radius 1 is 0.366 bits per heavy atom. The van der Waals surface area contributed by atoms with Crippen LogP contribution in [0.3, 0.4) is 0 Å². The Labute approximate surface area is 583 Å². The van der Waals surface area contributed by atoms with Crippen molar-refractivity contribution in [1.29, 1.82) is 0 Å². The van der Waals surface area contributed by atoms with Gasteiger partial charge >= 0.3 is 0 Å². The zero-order valence-electron chi connectivity index (χ0n) is 65.0. The van der Waals surface area contributed by atoms with E-state index < -0.39 is 49.8 Å². The third kappa shape index (κ3) is 44.0. The summed E-state index contributed by atoms with van der Waals surface area (Å²) >= 11 is 0. The third-order valence-electron chi connectivity index (χ3n) is 18.3. The highest BCUT2D eigenvalue weighted by Gasteiger charge is 2.35. The van der Waals surface area contributed by atoms with Gasteiger partial charge in [-0.3, -0.25) is 4.90 Å². The summed E-state index contributed by atoms with van der Waals surface area (Å²) in [6.07, 6.45) is 40.9. The number of hydrogen-bond acceptors (Lipinski definition) is 14. The molecule has 0 aromatic carbocycles. The van der Waals surface area contributed by atoms with Gasteiger partial charge in [-0.15, -0.1) is 0 Å². The highest BCUT2D eigenvalue weighted by atomic mass is 31.2. The van der Waals surface area contributed by atoms with Crippen molar-refractivity contribution < 1.29 is 31.7 Å². The van der Waals surface area contributed by atoms with Crippen molar-refractivity contribution in [3.05, 3.63) is 0 Å². The first kappa shape index (κ1) is 96.6. The average Bonchev–Trinajstić information content (AvgIpc) is 1.80. The monoisotopic (exact) mass is 1450 g/mol. The van der Waals surface area contributed by atoms with Crippen LogP contribution in [0.25, 0.3) is 0 Å². The van der Waals surface area contributed by atoms with Crippen LogP contribution < -0.4 is 0 Å². The molecule has 7 fully saturated rings. The molecule has 0 aromatic heterocycles. The second-order valence-corrected chi connectivity index (χ2v) is 56.2. The molecule has 562 valence electrons. The Bertz CT molecular complexity index is 2270. The van der Waals surface area contributed by atoms with Crippen LogP contribution in [0.5, 0.6) is 0 Å². The van der Waals surface area contributed by atoms with Gasteiger partial charge in [-0.1, -0.05) is 100 Å². The SMILES string of the molecule is C.C.C=P(C)(C)OC1CC(CC)N(C)C1.C=P(C)(C)OC1CCN(C)C1CC.C=P(C)(C)OC1CN(C)CC1CC.C=P(C)(C)OCC1C(C)CCN1C.C=P(C)(C)OCC1CC(C)CN1C.C=P(C)(C)OCC1CCC(C)N1C.C=P(C)(C)OCC1CN(C)CC1C. The lowest BCUT2D eigenvalue weighted by molar-refractivity contribution is 0.161. The van der Waals surface area contributed by atoms with Crippen molar-refractivity contribution in [1.82, 2.24) is 34.3 Å². The largest absolute Gasteiger partial charge is 0.362 e. The molecule has 0 N–H and O–H groups in total. The molecule has 0 bridgehead atoms. The van der Waals surface area contributed by atoms with Gasteiger partial charge in [-0.25, -0.2) is 0 Å². The third-order valence-corrected chi connectivity index (χ3v) is 24.3. The van der Waals surface area contributed by atoms with Gasteiger partial charge in [0.05, 0.1) is 44.7 Å². The fourth-order valence-corrected chi connectivity index (χ4v) is 18.3. The molecule has 7 aliphatic heterocycles. The van der Waals surface area contributed by atoms with Gasteiger partial charge in [0.25, 0.3) is 0 Å². The summed E-state index contributed by atoms with van der Waals surface area (Å²) in [5, 5.41) is 0. The first-order valence-corrected chi connectivity index (χ1v) is 54.2. The van der Waals surface area contributed by atoms with Crippen molar-refractivity contribution >= 4 is 93.9 Å². The van der Waals surface area contributed by atoms with E-state index in [2.05, 4.69) is 270 Å². The van der Waals surface area contributed by atoms with Crippen LogP contribution in [0.4, 0.5) is 0 Å². The van der Waals surface area contributed by atoms with Crippen LogP contribution in [-0.2, 0) is 31.7 Å². The van der Waals surface area contributed by atoms with Crippen LogP contribution in [0.1, 0.15) is 121 Å². The smallest absolute Gasteiger partial charge is 0.0782 e. The molecule has 21 heteroatoms. The summed E-state index contributed by atoms with van der Waals surface area (Å²) in [7, 11) is 6.18. The van der Waals surface area contributed by atoms with Crippen LogP contribution in [-0.4, -0.2) is 354 Å². The second-order valence-electron chi connectivity index (χ2n) is 32.5. The predicted octanol–water partition coefficient (Wildman–Crippen LogP) is 15.3. The first-order valence-electron chi connectivity index (χ1n) is 34.7. The normalized spacial score (nSPS) is 30.4. The number of nitrogens with zero attached hydrogens (tertiary/aromatic N) is 7. The molecular formula is C72H162N7O7P7. The van der Waals surface area contributed by atoms with Crippen molar-refractivity contribution in [2.45, 2.75) is 176 Å². The summed E-state index contributed by atoms with van der Waals surface area (Å²) in [5.74, 6) is 3.80. The van der Waals surface area contributed by atoms with Crippen molar-refractivity contribution in [2.24, 2.45) is 29.6 Å². The minimum absolute atomic E-state index is 0. The summed E-state index contributed by atoms with van der Waals surface area (Å²) in [4.78, 5) is 16.8. The molecule has 7 rings (SSSR count). The fourth-order valence-electron chi connectivity index (χ4n) is 13.1. The van der Waals surface area contributed by atoms with E-state index in [1.807, 2.05) is 0 Å². The van der Waals surface area contributed by atoms with Crippen molar-refractivity contribution in [3.63, 3.8) is 0 Å². The number of hydrogen-bond donors (Lipinski definition) is 0.